The summed E-state index contributed by atoms with van der Waals surface area (Å²) < 4.78 is 2.46. The molecule has 1 aliphatic carbocycles. The molecule has 2 N–H and O–H groups in total. The van der Waals surface area contributed by atoms with Crippen LogP contribution in [0.1, 0.15) is 64.7 Å². The van der Waals surface area contributed by atoms with Crippen molar-refractivity contribution in [2.75, 3.05) is 13.6 Å². The minimum Gasteiger partial charge on any atom is -0.351 e. The molecule has 1 saturated carbocycles. The lowest BCUT2D eigenvalue weighted by Crippen LogP contribution is -2.63. The summed E-state index contributed by atoms with van der Waals surface area (Å²) in [5.74, 6) is -0.813. The summed E-state index contributed by atoms with van der Waals surface area (Å²) in [7, 11) is 1.64. The lowest BCUT2D eigenvalue weighted by molar-refractivity contribution is -0.133. The van der Waals surface area contributed by atoms with Crippen LogP contribution in [-0.2, 0) is 22.2 Å². The molecule has 1 aromatic heterocycles. The van der Waals surface area contributed by atoms with Gasteiger partial charge in [0.1, 0.15) is 11.2 Å². The number of rotatable bonds is 7. The number of alkyl halides is 1. The number of likely N-dealkylation sites (N-methyl/N-ethyl adjacent to an activating group) is 1. The van der Waals surface area contributed by atoms with Gasteiger partial charge in [-0.15, -0.1) is 0 Å². The summed E-state index contributed by atoms with van der Waals surface area (Å²) in [6, 6.07) is 10.0. The van der Waals surface area contributed by atoms with E-state index < -0.39 is 5.54 Å². The average Bonchev–Trinajstić information content (AvgIpc) is 3.48. The minimum atomic E-state index is -1.06. The molecule has 176 valence electrons. The number of hydrogen-bond acceptors (Lipinski definition) is 4. The van der Waals surface area contributed by atoms with Crippen LogP contribution in [0, 0.1) is 0 Å². The molecule has 1 fully saturated rings. The zero-order chi connectivity index (χ0) is 23.6. The quantitative estimate of drug-likeness (QED) is 0.400. The topological polar surface area (TPSA) is 96.3 Å². The van der Waals surface area contributed by atoms with E-state index in [4.69, 9.17) is 0 Å². The van der Waals surface area contributed by atoms with Crippen molar-refractivity contribution in [2.45, 2.75) is 61.6 Å². The number of fused-ring (bicyclic) bond motifs is 1. The van der Waals surface area contributed by atoms with Crippen LogP contribution in [0.3, 0.4) is 0 Å². The third-order valence-electron chi connectivity index (χ3n) is 6.79. The van der Waals surface area contributed by atoms with Gasteiger partial charge in [-0.05, 0) is 37.3 Å². The van der Waals surface area contributed by atoms with E-state index in [0.717, 1.165) is 35.7 Å². The van der Waals surface area contributed by atoms with E-state index in [9.17, 15) is 14.4 Å². The van der Waals surface area contributed by atoms with Gasteiger partial charge in [-0.25, -0.2) is 0 Å². The van der Waals surface area contributed by atoms with Crippen molar-refractivity contribution in [1.29, 1.82) is 0 Å². The minimum absolute atomic E-state index is 0.163. The zero-order valence-electron chi connectivity index (χ0n) is 19.1. The highest BCUT2D eigenvalue weighted by Gasteiger charge is 2.46. The molecule has 0 saturated heterocycles. The Kier molecular flexibility index (Phi) is 7.06. The number of nitrogens with one attached hydrogen (secondary N) is 2. The molecule has 2 aliphatic rings. The molecule has 4 rings (SSSR count). The van der Waals surface area contributed by atoms with Crippen molar-refractivity contribution in [3.05, 3.63) is 52.8 Å². The molecule has 1 atom stereocenters. The third-order valence-corrected chi connectivity index (χ3v) is 7.67. The highest BCUT2D eigenvalue weighted by molar-refractivity contribution is 14.1. The summed E-state index contributed by atoms with van der Waals surface area (Å²) in [5.41, 5.74) is 1.87. The number of benzene rings is 1. The number of carbonyl (C=O) groups excluding carboxylic acids is 3. The molecule has 33 heavy (non-hydrogen) atoms. The molecule has 3 amide bonds. The van der Waals surface area contributed by atoms with Gasteiger partial charge < -0.3 is 15.5 Å². The number of amides is 3. The third kappa shape index (κ3) is 4.92. The second-order valence-electron chi connectivity index (χ2n) is 9.12. The molecule has 0 radical (unpaired) electrons. The van der Waals surface area contributed by atoms with Gasteiger partial charge in [0.2, 0.25) is 5.91 Å². The summed E-state index contributed by atoms with van der Waals surface area (Å²) in [4.78, 5) is 40.2. The Morgan fingerprint density at radius 1 is 1.18 bits per heavy atom. The van der Waals surface area contributed by atoms with Crippen molar-refractivity contribution >= 4 is 40.3 Å². The van der Waals surface area contributed by atoms with Crippen LogP contribution in [0.2, 0.25) is 0 Å². The Morgan fingerprint density at radius 3 is 2.52 bits per heavy atom. The van der Waals surface area contributed by atoms with Gasteiger partial charge in [0.05, 0.1) is 6.54 Å². The maximum atomic E-state index is 13.1. The van der Waals surface area contributed by atoms with Gasteiger partial charge in [-0.2, -0.15) is 5.10 Å². The van der Waals surface area contributed by atoms with E-state index >= 15 is 0 Å². The first kappa shape index (κ1) is 23.7. The fourth-order valence-electron chi connectivity index (χ4n) is 4.46. The number of hydrogen-bond donors (Lipinski definition) is 2. The maximum Gasteiger partial charge on any atom is 0.272 e. The van der Waals surface area contributed by atoms with E-state index in [1.165, 1.54) is 21.2 Å². The van der Waals surface area contributed by atoms with Crippen LogP contribution in [-0.4, -0.2) is 57.6 Å². The van der Waals surface area contributed by atoms with Crippen molar-refractivity contribution in [1.82, 2.24) is 25.3 Å². The van der Waals surface area contributed by atoms with E-state index in [1.807, 2.05) is 0 Å². The number of nitrogens with zero attached hydrogens (tertiary/aromatic N) is 3. The SMILES string of the molecule is CN1C(=O)c2cc(C(=O)NCCc3ccc(CI)cc3)nn2CC1(C)C(=O)NC1CCCC1. The predicted molar refractivity (Wildman–Crippen MR) is 133 cm³/mol. The second-order valence-corrected chi connectivity index (χ2v) is 9.88. The van der Waals surface area contributed by atoms with Crippen LogP contribution in [0.25, 0.3) is 0 Å². The molecular formula is C24H30IN5O3. The predicted octanol–water partition coefficient (Wildman–Crippen LogP) is 2.69. The molecular weight excluding hydrogens is 533 g/mol. The van der Waals surface area contributed by atoms with Gasteiger partial charge >= 0.3 is 0 Å². The Bertz CT molecular complexity index is 1040. The summed E-state index contributed by atoms with van der Waals surface area (Å²) in [6.45, 7) is 2.43. The van der Waals surface area contributed by atoms with Gasteiger partial charge in [-0.1, -0.05) is 59.7 Å². The van der Waals surface area contributed by atoms with Crippen LogP contribution in [0.15, 0.2) is 30.3 Å². The summed E-state index contributed by atoms with van der Waals surface area (Å²) in [6.07, 6.45) is 4.88. The van der Waals surface area contributed by atoms with Gasteiger partial charge in [0, 0.05) is 30.1 Å². The van der Waals surface area contributed by atoms with Crippen molar-refractivity contribution < 1.29 is 14.4 Å². The molecule has 1 aliphatic heterocycles. The number of carbonyl (C=O) groups is 3. The molecule has 1 unspecified atom stereocenters. The first-order valence-electron chi connectivity index (χ1n) is 11.4. The standard InChI is InChI=1S/C24H30IN5O3/c1-24(23(33)27-18-5-3-4-6-18)15-30-20(22(32)29(24)2)13-19(28-30)21(31)26-12-11-16-7-9-17(14-25)10-8-16/h7-10,13,18H,3-6,11-12,14-15H2,1-2H3,(H,26,31)(H,27,33). The smallest absolute Gasteiger partial charge is 0.272 e. The fourth-order valence-corrected chi connectivity index (χ4v) is 4.96. The van der Waals surface area contributed by atoms with Crippen molar-refractivity contribution in [2.24, 2.45) is 0 Å². The van der Waals surface area contributed by atoms with E-state index in [1.54, 1.807) is 14.0 Å². The molecule has 1 aromatic carbocycles. The van der Waals surface area contributed by atoms with Gasteiger partial charge in [0.25, 0.3) is 11.8 Å². The monoisotopic (exact) mass is 563 g/mol. The first-order chi connectivity index (χ1) is 15.8. The lowest BCUT2D eigenvalue weighted by Gasteiger charge is -2.41. The van der Waals surface area contributed by atoms with Crippen LogP contribution in [0.5, 0.6) is 0 Å². The van der Waals surface area contributed by atoms with Crippen LogP contribution >= 0.6 is 22.6 Å². The molecule has 9 heteroatoms. The summed E-state index contributed by atoms with van der Waals surface area (Å²) in [5, 5.41) is 10.3. The largest absolute Gasteiger partial charge is 0.351 e. The molecule has 0 spiro atoms. The molecule has 2 heterocycles. The Balaban J connectivity index is 1.41. The fraction of sp³-hybridized carbons (Fsp3) is 0.500. The van der Waals surface area contributed by atoms with Crippen LogP contribution in [0.4, 0.5) is 0 Å². The molecule has 8 nitrogen and oxygen atoms in total. The van der Waals surface area contributed by atoms with Crippen molar-refractivity contribution in [3.8, 4) is 0 Å². The van der Waals surface area contributed by atoms with E-state index in [-0.39, 0.29) is 36.0 Å². The average molecular weight is 563 g/mol. The molecule has 2 aromatic rings. The lowest BCUT2D eigenvalue weighted by atomic mass is 9.95. The van der Waals surface area contributed by atoms with Gasteiger partial charge in [0.15, 0.2) is 5.69 Å². The number of aromatic nitrogens is 2. The van der Waals surface area contributed by atoms with E-state index in [2.05, 4.69) is 62.6 Å². The first-order valence-corrected chi connectivity index (χ1v) is 12.9. The maximum absolute atomic E-state index is 13.1. The Hall–Kier alpha value is -2.43. The van der Waals surface area contributed by atoms with E-state index in [0.29, 0.717) is 18.7 Å². The summed E-state index contributed by atoms with van der Waals surface area (Å²) >= 11 is 2.33. The highest BCUT2D eigenvalue weighted by atomic mass is 127. The molecule has 0 bridgehead atoms. The Labute approximate surface area is 207 Å². The second kappa shape index (κ2) is 9.82. The van der Waals surface area contributed by atoms with Crippen molar-refractivity contribution in [3.63, 3.8) is 0 Å². The zero-order valence-corrected chi connectivity index (χ0v) is 21.2. The normalized spacial score (nSPS) is 20.6. The highest BCUT2D eigenvalue weighted by Crippen LogP contribution is 2.27. The Morgan fingerprint density at radius 2 is 1.85 bits per heavy atom. The number of halogens is 1. The van der Waals surface area contributed by atoms with Gasteiger partial charge in [-0.3, -0.25) is 19.1 Å². The van der Waals surface area contributed by atoms with Crippen LogP contribution < -0.4 is 10.6 Å².